The normalized spacial score (nSPS) is 26.7. The number of alkyl halides is 2. The molecule has 1 heterocycles. The lowest BCUT2D eigenvalue weighted by Gasteiger charge is -2.27. The van der Waals surface area contributed by atoms with Crippen molar-refractivity contribution in [1.29, 1.82) is 0 Å². The molecule has 5 heteroatoms. The van der Waals surface area contributed by atoms with Crippen molar-refractivity contribution in [3.63, 3.8) is 0 Å². The first-order chi connectivity index (χ1) is 14.5. The molecule has 2 aromatic rings. The van der Waals surface area contributed by atoms with Crippen molar-refractivity contribution in [1.82, 2.24) is 0 Å². The average Bonchev–Trinajstić information content (AvgIpc) is 2.76. The Bertz CT molecular complexity index is 957. The van der Waals surface area contributed by atoms with E-state index in [1.54, 1.807) is 24.3 Å². The van der Waals surface area contributed by atoms with Gasteiger partial charge in [-0.3, -0.25) is 0 Å². The number of benzene rings is 2. The summed E-state index contributed by atoms with van der Waals surface area (Å²) in [6.45, 7) is 2.58. The summed E-state index contributed by atoms with van der Waals surface area (Å²) in [5.74, 6) is -0.177. The van der Waals surface area contributed by atoms with Crippen molar-refractivity contribution in [2.45, 2.75) is 44.1 Å². The molecule has 0 bridgehead atoms. The third kappa shape index (κ3) is 4.04. The van der Waals surface area contributed by atoms with Gasteiger partial charge in [-0.25, -0.2) is 13.2 Å². The van der Waals surface area contributed by atoms with Gasteiger partial charge in [0.05, 0.1) is 19.8 Å². The highest BCUT2D eigenvalue weighted by atomic mass is 19.2. The molecule has 2 aromatic carbocycles. The molecule has 0 radical (unpaired) electrons. The molecule has 158 valence electrons. The number of halogens is 3. The summed E-state index contributed by atoms with van der Waals surface area (Å²) < 4.78 is 53.9. The maximum Gasteiger partial charge on any atom is 0.192 e. The van der Waals surface area contributed by atoms with Gasteiger partial charge >= 0.3 is 0 Å². The average molecular weight is 414 g/mol. The van der Waals surface area contributed by atoms with Crippen LogP contribution in [0.2, 0.25) is 0 Å². The lowest BCUT2D eigenvalue weighted by molar-refractivity contribution is 0.0148. The maximum atomic E-state index is 14.8. The van der Waals surface area contributed by atoms with Crippen molar-refractivity contribution >= 4 is 5.57 Å². The smallest absolute Gasteiger partial charge is 0.192 e. The predicted molar refractivity (Wildman–Crippen MR) is 112 cm³/mol. The topological polar surface area (TPSA) is 18.5 Å². The molecule has 2 aliphatic rings. The van der Waals surface area contributed by atoms with E-state index in [0.717, 1.165) is 24.0 Å². The van der Waals surface area contributed by atoms with Crippen molar-refractivity contribution < 1.29 is 22.6 Å². The van der Waals surface area contributed by atoms with Gasteiger partial charge < -0.3 is 9.47 Å². The number of ether oxygens (including phenoxy) is 2. The zero-order valence-electron chi connectivity index (χ0n) is 17.1. The van der Waals surface area contributed by atoms with E-state index in [2.05, 4.69) is 0 Å². The zero-order valence-corrected chi connectivity index (χ0v) is 17.1. The fourth-order valence-electron chi connectivity index (χ4n) is 4.11. The molecule has 0 saturated carbocycles. The molecule has 0 aromatic heterocycles. The molecule has 0 N–H and O–H groups in total. The number of hydrogen-bond donors (Lipinski definition) is 0. The van der Waals surface area contributed by atoms with Gasteiger partial charge in [-0.15, -0.1) is 0 Å². The van der Waals surface area contributed by atoms with E-state index in [1.165, 1.54) is 25.3 Å². The van der Waals surface area contributed by atoms with E-state index in [4.69, 9.17) is 9.47 Å². The SMILES string of the molecule is COC1=CC=C(c2ccc(-c3ccc(C4CCC(C)OC4)c(F)c3)cc2)C(F)C1F. The first-order valence-electron chi connectivity index (χ1n) is 10.2. The van der Waals surface area contributed by atoms with E-state index in [-0.39, 0.29) is 29.2 Å². The Morgan fingerprint density at radius 3 is 2.23 bits per heavy atom. The van der Waals surface area contributed by atoms with Crippen molar-refractivity contribution in [2.24, 2.45) is 0 Å². The molecule has 0 spiro atoms. The van der Waals surface area contributed by atoms with Gasteiger partial charge in [0, 0.05) is 5.92 Å². The van der Waals surface area contributed by atoms with Gasteiger partial charge in [0.1, 0.15) is 11.6 Å². The van der Waals surface area contributed by atoms with Crippen LogP contribution in [0.4, 0.5) is 13.2 Å². The Hall–Kier alpha value is -2.53. The van der Waals surface area contributed by atoms with Crippen molar-refractivity contribution in [3.05, 3.63) is 77.3 Å². The van der Waals surface area contributed by atoms with Gasteiger partial charge in [0.25, 0.3) is 0 Å². The Morgan fingerprint density at radius 1 is 0.900 bits per heavy atom. The summed E-state index contributed by atoms with van der Waals surface area (Å²) in [5, 5.41) is 0. The summed E-state index contributed by atoms with van der Waals surface area (Å²) in [6.07, 6.45) is 1.47. The van der Waals surface area contributed by atoms with Crippen LogP contribution in [-0.4, -0.2) is 32.2 Å². The van der Waals surface area contributed by atoms with Gasteiger partial charge in [-0.05, 0) is 59.7 Å². The summed E-state index contributed by atoms with van der Waals surface area (Å²) in [6, 6.07) is 12.3. The van der Waals surface area contributed by atoms with Gasteiger partial charge in [0.15, 0.2) is 12.3 Å². The molecule has 1 aliphatic carbocycles. The summed E-state index contributed by atoms with van der Waals surface area (Å²) in [7, 11) is 1.32. The van der Waals surface area contributed by atoms with Gasteiger partial charge in [0.2, 0.25) is 0 Å². The molecule has 1 aliphatic heterocycles. The van der Waals surface area contributed by atoms with Crippen LogP contribution in [-0.2, 0) is 9.47 Å². The second-order valence-corrected chi connectivity index (χ2v) is 7.93. The molecule has 2 nitrogen and oxygen atoms in total. The number of rotatable bonds is 4. The largest absolute Gasteiger partial charge is 0.498 e. The lowest BCUT2D eigenvalue weighted by Crippen LogP contribution is -2.24. The third-order valence-corrected chi connectivity index (χ3v) is 5.98. The third-order valence-electron chi connectivity index (χ3n) is 5.98. The summed E-state index contributed by atoms with van der Waals surface area (Å²) >= 11 is 0. The van der Waals surface area contributed by atoms with E-state index in [0.29, 0.717) is 17.7 Å². The quantitative estimate of drug-likeness (QED) is 0.578. The Kier molecular flexibility index (Phi) is 6.00. The molecule has 1 fully saturated rings. The van der Waals surface area contributed by atoms with E-state index in [9.17, 15) is 13.2 Å². The monoisotopic (exact) mass is 414 g/mol. The van der Waals surface area contributed by atoms with E-state index >= 15 is 0 Å². The molecule has 4 unspecified atom stereocenters. The fraction of sp³-hybridized carbons (Fsp3) is 0.360. The molecule has 0 amide bonds. The first kappa shape index (κ1) is 20.7. The summed E-state index contributed by atoms with van der Waals surface area (Å²) in [5.41, 5.74) is 3.10. The maximum absolute atomic E-state index is 14.8. The molecule has 30 heavy (non-hydrogen) atoms. The van der Waals surface area contributed by atoms with Gasteiger partial charge in [-0.1, -0.05) is 42.5 Å². The van der Waals surface area contributed by atoms with Crippen LogP contribution in [0.5, 0.6) is 0 Å². The molecule has 4 atom stereocenters. The highest BCUT2D eigenvalue weighted by molar-refractivity contribution is 5.75. The second-order valence-electron chi connectivity index (χ2n) is 7.93. The Morgan fingerprint density at radius 2 is 1.60 bits per heavy atom. The predicted octanol–water partition coefficient (Wildman–Crippen LogP) is 6.38. The molecular formula is C25H25F3O2. The van der Waals surface area contributed by atoms with Crippen molar-refractivity contribution in [3.8, 4) is 11.1 Å². The highest BCUT2D eigenvalue weighted by Gasteiger charge is 2.32. The molecule has 4 rings (SSSR count). The molecular weight excluding hydrogens is 389 g/mol. The van der Waals surface area contributed by atoms with Crippen LogP contribution < -0.4 is 0 Å². The lowest BCUT2D eigenvalue weighted by atomic mass is 9.89. The Labute approximate surface area is 175 Å². The first-order valence-corrected chi connectivity index (χ1v) is 10.2. The molecule has 1 saturated heterocycles. The van der Waals surface area contributed by atoms with Crippen LogP contribution in [0.25, 0.3) is 16.7 Å². The van der Waals surface area contributed by atoms with E-state index in [1.807, 2.05) is 19.1 Å². The standard InChI is InChI=1S/C25H25F3O2/c1-15-3-4-19(14-30-15)20-10-9-18(13-22(20)26)16-5-7-17(8-6-16)21-11-12-23(29-2)25(28)24(21)27/h5-13,15,19,24-25H,3-4,14H2,1-2H3. The number of allylic oxidation sites excluding steroid dienone is 4. The van der Waals surface area contributed by atoms with Crippen LogP contribution in [0, 0.1) is 5.82 Å². The van der Waals surface area contributed by atoms with Gasteiger partial charge in [-0.2, -0.15) is 0 Å². The minimum Gasteiger partial charge on any atom is -0.498 e. The van der Waals surface area contributed by atoms with Crippen LogP contribution >= 0.6 is 0 Å². The zero-order chi connectivity index (χ0) is 21.3. The number of hydrogen-bond acceptors (Lipinski definition) is 2. The number of methoxy groups -OCH3 is 1. The fourth-order valence-corrected chi connectivity index (χ4v) is 4.11. The van der Waals surface area contributed by atoms with Crippen LogP contribution in [0.1, 0.15) is 36.8 Å². The highest BCUT2D eigenvalue weighted by Crippen LogP contribution is 2.35. The minimum absolute atomic E-state index is 0.0174. The van der Waals surface area contributed by atoms with Crippen molar-refractivity contribution in [2.75, 3.05) is 13.7 Å². The Balaban J connectivity index is 1.54. The van der Waals surface area contributed by atoms with Crippen LogP contribution in [0.3, 0.4) is 0 Å². The van der Waals surface area contributed by atoms with Crippen LogP contribution in [0.15, 0.2) is 60.4 Å². The summed E-state index contributed by atoms with van der Waals surface area (Å²) in [4.78, 5) is 0. The minimum atomic E-state index is -1.82. The second kappa shape index (κ2) is 8.68. The van der Waals surface area contributed by atoms with E-state index < -0.39 is 12.3 Å².